The maximum Gasteiger partial charge on any atom is 0.256 e. The first-order chi connectivity index (χ1) is 12.8. The topological polar surface area (TPSA) is 72.5 Å². The van der Waals surface area contributed by atoms with Crippen molar-refractivity contribution in [2.24, 2.45) is 0 Å². The number of aryl methyl sites for hydroxylation is 1. The molecule has 0 aliphatic carbocycles. The summed E-state index contributed by atoms with van der Waals surface area (Å²) in [6, 6.07) is 20.7. The number of rotatable bonds is 5. The molecule has 3 aromatic rings. The van der Waals surface area contributed by atoms with E-state index in [1.165, 1.54) is 12.1 Å². The van der Waals surface area contributed by atoms with E-state index >= 15 is 0 Å². The summed E-state index contributed by atoms with van der Waals surface area (Å²) in [5, 5.41) is 2.71. The molecule has 0 aliphatic rings. The molecule has 27 heavy (non-hydrogen) atoms. The largest absolute Gasteiger partial charge is 0.457 e. The predicted octanol–water partition coefficient (Wildman–Crippen LogP) is 4.44. The van der Waals surface area contributed by atoms with Crippen molar-refractivity contribution in [3.8, 4) is 11.5 Å². The highest BCUT2D eigenvalue weighted by Gasteiger charge is 2.18. The Balaban J connectivity index is 1.73. The molecule has 5 nitrogen and oxygen atoms in total. The third-order valence-electron chi connectivity index (χ3n) is 3.90. The number of amides is 1. The Morgan fingerprint density at radius 1 is 0.852 bits per heavy atom. The molecular formula is C21H19NO4S. The van der Waals surface area contributed by atoms with Crippen LogP contribution < -0.4 is 10.1 Å². The zero-order valence-corrected chi connectivity index (χ0v) is 15.8. The van der Waals surface area contributed by atoms with Crippen molar-refractivity contribution >= 4 is 21.4 Å². The summed E-state index contributed by atoms with van der Waals surface area (Å²) in [5.74, 6) is 0.871. The van der Waals surface area contributed by atoms with E-state index in [-0.39, 0.29) is 10.5 Å². The monoisotopic (exact) mass is 381 g/mol. The summed E-state index contributed by atoms with van der Waals surface area (Å²) < 4.78 is 29.5. The van der Waals surface area contributed by atoms with Gasteiger partial charge in [-0.2, -0.15) is 0 Å². The van der Waals surface area contributed by atoms with Crippen LogP contribution in [0.4, 0.5) is 5.69 Å². The Hall–Kier alpha value is -3.12. The Kier molecular flexibility index (Phi) is 5.28. The van der Waals surface area contributed by atoms with Gasteiger partial charge in [-0.25, -0.2) is 8.42 Å². The van der Waals surface area contributed by atoms with E-state index in [4.69, 9.17) is 4.74 Å². The van der Waals surface area contributed by atoms with Crippen LogP contribution in [0, 0.1) is 6.92 Å². The molecule has 0 heterocycles. The molecule has 0 atom stereocenters. The van der Waals surface area contributed by atoms with Crippen LogP contribution in [0.15, 0.2) is 77.7 Å². The fraction of sp³-hybridized carbons (Fsp3) is 0.0952. The number of hydrogen-bond donors (Lipinski definition) is 1. The molecule has 3 aromatic carbocycles. The lowest BCUT2D eigenvalue weighted by atomic mass is 10.2. The number of nitrogens with one attached hydrogen (secondary N) is 1. The summed E-state index contributed by atoms with van der Waals surface area (Å²) >= 11 is 0. The molecule has 0 saturated heterocycles. The molecule has 1 N–H and O–H groups in total. The van der Waals surface area contributed by atoms with Crippen LogP contribution in [0.2, 0.25) is 0 Å². The number of benzene rings is 3. The normalized spacial score (nSPS) is 11.0. The predicted molar refractivity (Wildman–Crippen MR) is 105 cm³/mol. The van der Waals surface area contributed by atoms with E-state index in [0.717, 1.165) is 17.6 Å². The zero-order chi connectivity index (χ0) is 19.4. The molecule has 0 bridgehead atoms. The Labute approximate surface area is 158 Å². The van der Waals surface area contributed by atoms with Gasteiger partial charge in [-0.15, -0.1) is 0 Å². The molecule has 0 fully saturated rings. The van der Waals surface area contributed by atoms with Crippen molar-refractivity contribution in [1.29, 1.82) is 0 Å². The first-order valence-electron chi connectivity index (χ1n) is 8.28. The van der Waals surface area contributed by atoms with Crippen LogP contribution in [-0.2, 0) is 9.84 Å². The molecule has 0 unspecified atom stereocenters. The molecule has 0 aromatic heterocycles. The van der Waals surface area contributed by atoms with Crippen molar-refractivity contribution in [2.75, 3.05) is 11.6 Å². The maximum absolute atomic E-state index is 12.5. The lowest BCUT2D eigenvalue weighted by molar-refractivity contribution is 0.102. The van der Waals surface area contributed by atoms with E-state index in [1.807, 2.05) is 31.2 Å². The molecular weight excluding hydrogens is 362 g/mol. The summed E-state index contributed by atoms with van der Waals surface area (Å²) in [5.41, 5.74) is 1.80. The van der Waals surface area contributed by atoms with Crippen LogP contribution in [0.3, 0.4) is 0 Å². The van der Waals surface area contributed by atoms with Gasteiger partial charge in [0.1, 0.15) is 11.5 Å². The second-order valence-corrected chi connectivity index (χ2v) is 8.15. The fourth-order valence-corrected chi connectivity index (χ4v) is 3.41. The van der Waals surface area contributed by atoms with E-state index in [0.29, 0.717) is 11.4 Å². The molecule has 0 saturated carbocycles. The van der Waals surface area contributed by atoms with Gasteiger partial charge in [-0.05, 0) is 55.5 Å². The van der Waals surface area contributed by atoms with Crippen molar-refractivity contribution in [2.45, 2.75) is 11.8 Å². The van der Waals surface area contributed by atoms with Crippen molar-refractivity contribution in [3.63, 3.8) is 0 Å². The van der Waals surface area contributed by atoms with Gasteiger partial charge >= 0.3 is 0 Å². The standard InChI is InChI=1S/C21H19NO4S/c1-15-7-11-17(12-8-15)26-18-13-9-16(10-14-18)22-21(23)19-5-3-4-6-20(19)27(2,24)25/h3-14H,1-2H3,(H,22,23). The molecule has 0 radical (unpaired) electrons. The van der Waals surface area contributed by atoms with E-state index in [2.05, 4.69) is 5.32 Å². The number of anilines is 1. The average molecular weight is 381 g/mol. The van der Waals surface area contributed by atoms with E-state index in [1.54, 1.807) is 36.4 Å². The van der Waals surface area contributed by atoms with Crippen molar-refractivity contribution in [1.82, 2.24) is 0 Å². The third kappa shape index (κ3) is 4.74. The summed E-state index contributed by atoms with van der Waals surface area (Å²) in [7, 11) is -3.50. The number of carbonyl (C=O) groups is 1. The highest BCUT2D eigenvalue weighted by molar-refractivity contribution is 7.90. The van der Waals surface area contributed by atoms with Crippen LogP contribution in [0.1, 0.15) is 15.9 Å². The lowest BCUT2D eigenvalue weighted by Crippen LogP contribution is -2.15. The smallest absolute Gasteiger partial charge is 0.256 e. The van der Waals surface area contributed by atoms with Gasteiger partial charge in [0, 0.05) is 11.9 Å². The summed E-state index contributed by atoms with van der Waals surface area (Å²) in [6.07, 6.45) is 1.08. The number of hydrogen-bond acceptors (Lipinski definition) is 4. The molecule has 6 heteroatoms. The molecule has 0 aliphatic heterocycles. The highest BCUT2D eigenvalue weighted by Crippen LogP contribution is 2.24. The second kappa shape index (κ2) is 7.63. The van der Waals surface area contributed by atoms with Gasteiger partial charge in [0.05, 0.1) is 10.5 Å². The number of ether oxygens (including phenoxy) is 1. The second-order valence-electron chi connectivity index (χ2n) is 6.16. The van der Waals surface area contributed by atoms with Gasteiger partial charge in [0.2, 0.25) is 0 Å². The summed E-state index contributed by atoms with van der Waals surface area (Å²) in [4.78, 5) is 12.5. The lowest BCUT2D eigenvalue weighted by Gasteiger charge is -2.10. The van der Waals surface area contributed by atoms with Gasteiger partial charge in [-0.1, -0.05) is 29.8 Å². The Morgan fingerprint density at radius 2 is 1.41 bits per heavy atom. The number of carbonyl (C=O) groups excluding carboxylic acids is 1. The summed E-state index contributed by atoms with van der Waals surface area (Å²) in [6.45, 7) is 2.00. The zero-order valence-electron chi connectivity index (χ0n) is 15.0. The fourth-order valence-electron chi connectivity index (χ4n) is 2.52. The molecule has 3 rings (SSSR count). The maximum atomic E-state index is 12.5. The minimum atomic E-state index is -3.50. The minimum Gasteiger partial charge on any atom is -0.457 e. The van der Waals surface area contributed by atoms with Gasteiger partial charge in [-0.3, -0.25) is 4.79 Å². The van der Waals surface area contributed by atoms with Crippen LogP contribution >= 0.6 is 0 Å². The van der Waals surface area contributed by atoms with Gasteiger partial charge < -0.3 is 10.1 Å². The molecule has 1 amide bonds. The average Bonchev–Trinajstić information content (AvgIpc) is 2.64. The molecule has 138 valence electrons. The Bertz CT molecular complexity index is 1060. The number of sulfone groups is 1. The van der Waals surface area contributed by atoms with Gasteiger partial charge in [0.15, 0.2) is 9.84 Å². The first-order valence-corrected chi connectivity index (χ1v) is 10.2. The van der Waals surface area contributed by atoms with Crippen LogP contribution in [-0.4, -0.2) is 20.6 Å². The van der Waals surface area contributed by atoms with Crippen molar-refractivity contribution < 1.29 is 17.9 Å². The minimum absolute atomic E-state index is 0.00169. The first kappa shape index (κ1) is 18.7. The van der Waals surface area contributed by atoms with E-state index in [9.17, 15) is 13.2 Å². The highest BCUT2D eigenvalue weighted by atomic mass is 32.2. The van der Waals surface area contributed by atoms with Crippen LogP contribution in [0.25, 0.3) is 0 Å². The quantitative estimate of drug-likeness (QED) is 0.709. The van der Waals surface area contributed by atoms with E-state index < -0.39 is 15.7 Å². The van der Waals surface area contributed by atoms with Gasteiger partial charge in [0.25, 0.3) is 5.91 Å². The Morgan fingerprint density at radius 3 is 2.00 bits per heavy atom. The third-order valence-corrected chi connectivity index (χ3v) is 5.05. The molecule has 0 spiro atoms. The van der Waals surface area contributed by atoms with Crippen molar-refractivity contribution in [3.05, 3.63) is 83.9 Å². The SMILES string of the molecule is Cc1ccc(Oc2ccc(NC(=O)c3ccccc3S(C)(=O)=O)cc2)cc1. The van der Waals surface area contributed by atoms with Crippen LogP contribution in [0.5, 0.6) is 11.5 Å².